The van der Waals surface area contributed by atoms with Crippen LogP contribution in [0.15, 0.2) is 5.16 Å². The standard InChI is InChI=1S/C9H21N3O2/c1-4-8(5-2)12(6-7-14-3)9(10)11-13/h8,13H,4-7H2,1-3H3,(H2,10,11). The fraction of sp³-hybridized carbons (Fsp3) is 0.889. The molecular weight excluding hydrogens is 182 g/mol. The molecule has 0 aromatic rings. The normalized spacial score (nSPS) is 12.1. The number of methoxy groups -OCH3 is 1. The van der Waals surface area contributed by atoms with E-state index in [1.54, 1.807) is 7.11 Å². The summed E-state index contributed by atoms with van der Waals surface area (Å²) in [5.41, 5.74) is 5.58. The van der Waals surface area contributed by atoms with E-state index in [4.69, 9.17) is 15.7 Å². The quantitative estimate of drug-likeness (QED) is 0.290. The summed E-state index contributed by atoms with van der Waals surface area (Å²) in [4.78, 5) is 1.86. The van der Waals surface area contributed by atoms with Crippen LogP contribution in [0.1, 0.15) is 26.7 Å². The second-order valence-corrected chi connectivity index (χ2v) is 3.11. The molecule has 0 aliphatic rings. The van der Waals surface area contributed by atoms with Gasteiger partial charge in [0.05, 0.1) is 6.61 Å². The summed E-state index contributed by atoms with van der Waals surface area (Å²) in [6.45, 7) is 5.39. The minimum absolute atomic E-state index is 0.163. The van der Waals surface area contributed by atoms with E-state index < -0.39 is 0 Å². The average molecular weight is 203 g/mol. The highest BCUT2D eigenvalue weighted by Gasteiger charge is 2.16. The smallest absolute Gasteiger partial charge is 0.233 e. The average Bonchev–Trinajstić information content (AvgIpc) is 2.23. The van der Waals surface area contributed by atoms with Gasteiger partial charge in [0.2, 0.25) is 5.96 Å². The first-order valence-corrected chi connectivity index (χ1v) is 4.94. The molecule has 0 aliphatic carbocycles. The van der Waals surface area contributed by atoms with Gasteiger partial charge in [-0.15, -0.1) is 0 Å². The van der Waals surface area contributed by atoms with Gasteiger partial charge < -0.3 is 20.6 Å². The van der Waals surface area contributed by atoms with Gasteiger partial charge in [0.1, 0.15) is 0 Å². The lowest BCUT2D eigenvalue weighted by Gasteiger charge is -2.30. The minimum Gasteiger partial charge on any atom is -0.408 e. The maximum atomic E-state index is 8.62. The summed E-state index contributed by atoms with van der Waals surface area (Å²) < 4.78 is 4.97. The number of nitrogens with two attached hydrogens (primary N) is 1. The molecule has 0 saturated heterocycles. The van der Waals surface area contributed by atoms with Crippen molar-refractivity contribution in [2.24, 2.45) is 10.9 Å². The lowest BCUT2D eigenvalue weighted by molar-refractivity contribution is 0.154. The number of nitrogens with zero attached hydrogens (tertiary/aromatic N) is 2. The van der Waals surface area contributed by atoms with Gasteiger partial charge in [-0.05, 0) is 12.8 Å². The Kier molecular flexibility index (Phi) is 6.92. The van der Waals surface area contributed by atoms with Crippen LogP contribution in [-0.4, -0.2) is 42.4 Å². The highest BCUT2D eigenvalue weighted by atomic mass is 16.5. The Bertz CT molecular complexity index is 169. The van der Waals surface area contributed by atoms with Crippen LogP contribution in [0.25, 0.3) is 0 Å². The Balaban J connectivity index is 4.36. The molecule has 0 unspecified atom stereocenters. The Labute approximate surface area is 85.5 Å². The first-order chi connectivity index (χ1) is 6.71. The summed E-state index contributed by atoms with van der Waals surface area (Å²) in [5.74, 6) is 0.163. The van der Waals surface area contributed by atoms with E-state index >= 15 is 0 Å². The molecule has 3 N–H and O–H groups in total. The maximum Gasteiger partial charge on any atom is 0.233 e. The predicted octanol–water partition coefficient (Wildman–Crippen LogP) is 0.827. The molecular formula is C9H21N3O2. The third-order valence-corrected chi connectivity index (χ3v) is 2.32. The summed E-state index contributed by atoms with van der Waals surface area (Å²) in [6, 6.07) is 0.307. The van der Waals surface area contributed by atoms with E-state index in [1.807, 2.05) is 4.90 Å². The van der Waals surface area contributed by atoms with Crippen molar-refractivity contribution in [1.82, 2.24) is 4.90 Å². The maximum absolute atomic E-state index is 8.62. The van der Waals surface area contributed by atoms with Crippen LogP contribution in [0.2, 0.25) is 0 Å². The van der Waals surface area contributed by atoms with Crippen molar-refractivity contribution in [3.8, 4) is 0 Å². The van der Waals surface area contributed by atoms with Gasteiger partial charge in [0.15, 0.2) is 0 Å². The minimum atomic E-state index is 0.163. The summed E-state index contributed by atoms with van der Waals surface area (Å²) in [7, 11) is 1.64. The van der Waals surface area contributed by atoms with Crippen molar-refractivity contribution < 1.29 is 9.94 Å². The zero-order valence-corrected chi connectivity index (χ0v) is 9.23. The van der Waals surface area contributed by atoms with Gasteiger partial charge >= 0.3 is 0 Å². The Hall–Kier alpha value is -0.970. The van der Waals surface area contributed by atoms with Crippen LogP contribution in [0.4, 0.5) is 0 Å². The summed E-state index contributed by atoms with van der Waals surface area (Å²) in [6.07, 6.45) is 1.94. The third kappa shape index (κ3) is 3.83. The Morgan fingerprint density at radius 1 is 1.50 bits per heavy atom. The fourth-order valence-electron chi connectivity index (χ4n) is 1.46. The van der Waals surface area contributed by atoms with E-state index in [1.165, 1.54) is 0 Å². The van der Waals surface area contributed by atoms with Crippen LogP contribution >= 0.6 is 0 Å². The first-order valence-electron chi connectivity index (χ1n) is 4.94. The molecule has 5 heteroatoms. The number of hydrogen-bond acceptors (Lipinski definition) is 3. The second-order valence-electron chi connectivity index (χ2n) is 3.11. The lowest BCUT2D eigenvalue weighted by atomic mass is 10.1. The molecule has 0 atom stereocenters. The van der Waals surface area contributed by atoms with Crippen LogP contribution < -0.4 is 5.73 Å². The molecule has 0 spiro atoms. The predicted molar refractivity (Wildman–Crippen MR) is 56.4 cm³/mol. The van der Waals surface area contributed by atoms with Crippen LogP contribution in [0, 0.1) is 0 Å². The highest BCUT2D eigenvalue weighted by Crippen LogP contribution is 2.07. The molecule has 0 heterocycles. The number of oxime groups is 1. The van der Waals surface area contributed by atoms with Gasteiger partial charge in [-0.25, -0.2) is 0 Å². The zero-order chi connectivity index (χ0) is 11.0. The van der Waals surface area contributed by atoms with E-state index in [0.717, 1.165) is 12.8 Å². The fourth-order valence-corrected chi connectivity index (χ4v) is 1.46. The molecule has 0 radical (unpaired) electrons. The molecule has 0 aromatic carbocycles. The molecule has 0 aromatic heterocycles. The Morgan fingerprint density at radius 2 is 2.07 bits per heavy atom. The zero-order valence-electron chi connectivity index (χ0n) is 9.23. The molecule has 0 saturated carbocycles. The van der Waals surface area contributed by atoms with E-state index in [9.17, 15) is 0 Å². The van der Waals surface area contributed by atoms with Crippen LogP contribution in [0.5, 0.6) is 0 Å². The van der Waals surface area contributed by atoms with Crippen molar-refractivity contribution in [2.75, 3.05) is 20.3 Å². The summed E-state index contributed by atoms with van der Waals surface area (Å²) in [5, 5.41) is 11.6. The van der Waals surface area contributed by atoms with Gasteiger partial charge in [-0.3, -0.25) is 0 Å². The number of hydrogen-bond donors (Lipinski definition) is 2. The van der Waals surface area contributed by atoms with E-state index in [-0.39, 0.29) is 5.96 Å². The summed E-state index contributed by atoms with van der Waals surface area (Å²) >= 11 is 0. The third-order valence-electron chi connectivity index (χ3n) is 2.32. The number of guanidine groups is 1. The first kappa shape index (κ1) is 13.0. The van der Waals surface area contributed by atoms with Crippen molar-refractivity contribution in [2.45, 2.75) is 32.7 Å². The van der Waals surface area contributed by atoms with Crippen molar-refractivity contribution in [3.63, 3.8) is 0 Å². The molecule has 0 aliphatic heterocycles. The molecule has 5 nitrogen and oxygen atoms in total. The van der Waals surface area contributed by atoms with Crippen molar-refractivity contribution >= 4 is 5.96 Å². The van der Waals surface area contributed by atoms with E-state index in [0.29, 0.717) is 19.2 Å². The lowest BCUT2D eigenvalue weighted by Crippen LogP contribution is -2.45. The number of rotatable bonds is 6. The molecule has 84 valence electrons. The molecule has 0 fully saturated rings. The van der Waals surface area contributed by atoms with Crippen molar-refractivity contribution in [3.05, 3.63) is 0 Å². The van der Waals surface area contributed by atoms with Crippen LogP contribution in [0.3, 0.4) is 0 Å². The molecule has 0 amide bonds. The molecule has 14 heavy (non-hydrogen) atoms. The molecule has 0 bridgehead atoms. The molecule has 0 rings (SSSR count). The van der Waals surface area contributed by atoms with Gasteiger partial charge in [-0.1, -0.05) is 19.0 Å². The van der Waals surface area contributed by atoms with Gasteiger partial charge in [0, 0.05) is 19.7 Å². The van der Waals surface area contributed by atoms with Crippen molar-refractivity contribution in [1.29, 1.82) is 0 Å². The van der Waals surface area contributed by atoms with Gasteiger partial charge in [-0.2, -0.15) is 0 Å². The monoisotopic (exact) mass is 203 g/mol. The highest BCUT2D eigenvalue weighted by molar-refractivity contribution is 5.77. The second kappa shape index (κ2) is 7.44. The van der Waals surface area contributed by atoms with Crippen LogP contribution in [-0.2, 0) is 4.74 Å². The van der Waals surface area contributed by atoms with Gasteiger partial charge in [0.25, 0.3) is 0 Å². The van der Waals surface area contributed by atoms with E-state index in [2.05, 4.69) is 19.0 Å². The largest absolute Gasteiger partial charge is 0.408 e. The topological polar surface area (TPSA) is 71.1 Å². The Morgan fingerprint density at radius 3 is 2.43 bits per heavy atom. The number of ether oxygens (including phenoxy) is 1. The SMILES string of the molecule is CCC(CC)N(CCOC)C(N)=NO.